The maximum atomic E-state index is 14.2. The fourth-order valence-corrected chi connectivity index (χ4v) is 3.88. The number of nitrogens with one attached hydrogen (secondary N) is 2. The number of aromatic nitrogens is 1. The first-order chi connectivity index (χ1) is 18.5. The summed E-state index contributed by atoms with van der Waals surface area (Å²) in [4.78, 5) is 34.4. The minimum Gasteiger partial charge on any atom is -0.481 e. The van der Waals surface area contributed by atoms with Crippen LogP contribution in [-0.4, -0.2) is 42.3 Å². The Labute approximate surface area is 228 Å². The number of aryl methyl sites for hydroxylation is 2. The summed E-state index contributed by atoms with van der Waals surface area (Å²) < 4.78 is 28.3. The molecular weight excluding hydrogens is 504 g/mol. The first kappa shape index (κ1) is 33.0. The van der Waals surface area contributed by atoms with Gasteiger partial charge in [0.05, 0.1) is 6.42 Å². The van der Waals surface area contributed by atoms with Gasteiger partial charge in [0, 0.05) is 24.3 Å². The smallest absolute Gasteiger partial charge is 0.305 e. The predicted molar refractivity (Wildman–Crippen MR) is 148 cm³/mol. The van der Waals surface area contributed by atoms with Crippen LogP contribution in [0.15, 0.2) is 54.7 Å². The summed E-state index contributed by atoms with van der Waals surface area (Å²) in [6.07, 6.45) is 2.29. The van der Waals surface area contributed by atoms with Gasteiger partial charge < -0.3 is 20.5 Å². The molecule has 0 aliphatic carbocycles. The predicted octanol–water partition coefficient (Wildman–Crippen LogP) is 5.66. The van der Waals surface area contributed by atoms with Crippen molar-refractivity contribution in [1.82, 2.24) is 15.6 Å². The van der Waals surface area contributed by atoms with Crippen LogP contribution in [0, 0.1) is 31.4 Å². The Morgan fingerprint density at radius 2 is 1.67 bits per heavy atom. The van der Waals surface area contributed by atoms with Crippen molar-refractivity contribution in [2.45, 2.75) is 46.6 Å². The van der Waals surface area contributed by atoms with Crippen molar-refractivity contribution in [2.75, 3.05) is 13.6 Å². The lowest BCUT2D eigenvalue weighted by Crippen LogP contribution is -2.25. The Morgan fingerprint density at radius 3 is 2.18 bits per heavy atom. The molecule has 210 valence electrons. The van der Waals surface area contributed by atoms with Crippen molar-refractivity contribution >= 4 is 18.7 Å². The molecule has 0 saturated carbocycles. The molecule has 1 aromatic heterocycles. The van der Waals surface area contributed by atoms with Crippen molar-refractivity contribution in [2.24, 2.45) is 5.92 Å². The second kappa shape index (κ2) is 16.8. The highest BCUT2D eigenvalue weighted by Crippen LogP contribution is 2.32. The van der Waals surface area contributed by atoms with E-state index in [0.717, 1.165) is 29.2 Å². The van der Waals surface area contributed by atoms with Gasteiger partial charge in [-0.15, -0.1) is 0 Å². The number of hydrogen-bond acceptors (Lipinski definition) is 5. The summed E-state index contributed by atoms with van der Waals surface area (Å²) >= 11 is 0. The number of rotatable bonds is 9. The van der Waals surface area contributed by atoms with Gasteiger partial charge in [-0.3, -0.25) is 14.6 Å². The normalized spacial score (nSPS) is 11.0. The van der Waals surface area contributed by atoms with Gasteiger partial charge in [-0.25, -0.2) is 8.78 Å². The van der Waals surface area contributed by atoms with Crippen molar-refractivity contribution in [3.8, 4) is 11.1 Å². The molecule has 3 rings (SSSR count). The summed E-state index contributed by atoms with van der Waals surface area (Å²) in [6, 6.07) is 12.9. The maximum absolute atomic E-state index is 14.2. The zero-order valence-corrected chi connectivity index (χ0v) is 23.1. The highest BCUT2D eigenvalue weighted by Gasteiger charge is 2.22. The summed E-state index contributed by atoms with van der Waals surface area (Å²) in [5.41, 5.74) is 3.77. The van der Waals surface area contributed by atoms with Crippen molar-refractivity contribution in [1.29, 1.82) is 0 Å². The number of pyridine rings is 1. The van der Waals surface area contributed by atoms with Crippen LogP contribution in [0.1, 0.15) is 59.9 Å². The molecule has 0 spiro atoms. The number of benzene rings is 2. The zero-order valence-electron chi connectivity index (χ0n) is 23.1. The number of halogens is 2. The third-order valence-electron chi connectivity index (χ3n) is 5.83. The van der Waals surface area contributed by atoms with E-state index in [9.17, 15) is 18.4 Å². The van der Waals surface area contributed by atoms with Gasteiger partial charge in [0.2, 0.25) is 0 Å². The number of aliphatic carboxylic acids is 1. The minimum atomic E-state index is -1.08. The van der Waals surface area contributed by atoms with Gasteiger partial charge in [0.15, 0.2) is 11.6 Å². The van der Waals surface area contributed by atoms with Crippen LogP contribution < -0.4 is 10.6 Å². The Kier molecular flexibility index (Phi) is 14.2. The fraction of sp³-hybridized carbons (Fsp3) is 0.333. The molecule has 3 N–H and O–H groups in total. The summed E-state index contributed by atoms with van der Waals surface area (Å²) in [6.45, 7) is 10.8. The molecule has 1 atom stereocenters. The number of carbonyl (C=O) groups excluding carboxylic acids is 2. The molecule has 0 radical (unpaired) electrons. The van der Waals surface area contributed by atoms with Crippen LogP contribution in [0.2, 0.25) is 0 Å². The number of nitrogens with zero attached hydrogens (tertiary/aromatic N) is 1. The molecule has 0 bridgehead atoms. The molecule has 39 heavy (non-hydrogen) atoms. The molecule has 1 amide bonds. The Hall–Kier alpha value is -3.98. The Balaban J connectivity index is 0.000000407. The molecule has 0 saturated heterocycles. The van der Waals surface area contributed by atoms with Crippen LogP contribution in [-0.2, 0) is 9.59 Å². The lowest BCUT2D eigenvalue weighted by Gasteiger charge is -2.18. The molecule has 2 aromatic carbocycles. The number of hydrogen-bond donors (Lipinski definition) is 3. The fourth-order valence-electron chi connectivity index (χ4n) is 3.88. The number of carbonyl (C=O) groups is 3. The van der Waals surface area contributed by atoms with Crippen molar-refractivity contribution in [3.63, 3.8) is 0 Å². The minimum absolute atomic E-state index is 0.0209. The quantitative estimate of drug-likeness (QED) is 0.323. The number of carboxylic acids is 1. The van der Waals surface area contributed by atoms with Crippen LogP contribution in [0.25, 0.3) is 11.1 Å². The van der Waals surface area contributed by atoms with E-state index in [1.165, 1.54) is 13.1 Å². The first-order valence-corrected chi connectivity index (χ1v) is 12.5. The van der Waals surface area contributed by atoms with Gasteiger partial charge in [0.1, 0.15) is 12.5 Å². The molecule has 1 heterocycles. The average Bonchev–Trinajstić information content (AvgIpc) is 2.91. The molecule has 3 aromatic rings. The van der Waals surface area contributed by atoms with Gasteiger partial charge >= 0.3 is 5.97 Å². The van der Waals surface area contributed by atoms with Gasteiger partial charge in [0.25, 0.3) is 5.91 Å². The summed E-state index contributed by atoms with van der Waals surface area (Å²) in [7, 11) is 1.52. The SMILES string of the molecule is C=O.CC(C)CCNC(=O)c1ccccn1.CN[C@@H](CC(=O)O)c1cc(-c2c(C)cccc2C)cc(F)c1F. The van der Waals surface area contributed by atoms with E-state index >= 15 is 0 Å². The van der Waals surface area contributed by atoms with E-state index in [-0.39, 0.29) is 17.9 Å². The molecule has 0 fully saturated rings. The number of amides is 1. The lowest BCUT2D eigenvalue weighted by molar-refractivity contribution is -0.137. The van der Waals surface area contributed by atoms with E-state index in [2.05, 4.69) is 29.5 Å². The summed E-state index contributed by atoms with van der Waals surface area (Å²) in [5, 5.41) is 14.5. The summed E-state index contributed by atoms with van der Waals surface area (Å²) in [5.74, 6) is -2.56. The molecule has 0 aliphatic heterocycles. The first-order valence-electron chi connectivity index (χ1n) is 12.5. The second-order valence-corrected chi connectivity index (χ2v) is 9.22. The van der Waals surface area contributed by atoms with Gasteiger partial charge in [-0.1, -0.05) is 38.1 Å². The van der Waals surface area contributed by atoms with Gasteiger partial charge in [-0.05, 0) is 79.8 Å². The van der Waals surface area contributed by atoms with E-state index in [1.807, 2.05) is 44.9 Å². The van der Waals surface area contributed by atoms with Crippen LogP contribution in [0.5, 0.6) is 0 Å². The van der Waals surface area contributed by atoms with E-state index in [4.69, 9.17) is 9.90 Å². The second-order valence-electron chi connectivity index (χ2n) is 9.22. The van der Waals surface area contributed by atoms with Crippen molar-refractivity contribution < 1.29 is 28.3 Å². The Morgan fingerprint density at radius 1 is 1.03 bits per heavy atom. The highest BCUT2D eigenvalue weighted by molar-refractivity contribution is 5.92. The van der Waals surface area contributed by atoms with Crippen molar-refractivity contribution in [3.05, 3.63) is 88.7 Å². The highest BCUT2D eigenvalue weighted by atomic mass is 19.2. The zero-order chi connectivity index (χ0) is 29.5. The van der Waals surface area contributed by atoms with E-state index in [0.29, 0.717) is 23.7 Å². The topological polar surface area (TPSA) is 108 Å². The van der Waals surface area contributed by atoms with Crippen LogP contribution in [0.3, 0.4) is 0 Å². The third-order valence-corrected chi connectivity index (χ3v) is 5.83. The molecular formula is C30H37F2N3O4. The molecule has 0 aliphatic rings. The average molecular weight is 542 g/mol. The van der Waals surface area contributed by atoms with Crippen LogP contribution >= 0.6 is 0 Å². The largest absolute Gasteiger partial charge is 0.481 e. The standard InChI is InChI=1S/C18H19F2NO2.C11H16N2O.CH2O/c1-10-5-4-6-11(2)17(10)12-7-13(18(20)14(19)8-12)15(21-3)9-16(22)23;1-9(2)6-8-13-11(14)10-5-3-4-7-12-10;1-2/h4-8,15,21H,9H2,1-3H3,(H,22,23);3-5,7,9H,6,8H2,1-2H3,(H,13,14);1H2/t15-;;/m0../s1. The number of carboxylic acid groups (broad SMARTS) is 1. The molecule has 9 heteroatoms. The maximum Gasteiger partial charge on any atom is 0.305 e. The van der Waals surface area contributed by atoms with E-state index < -0.39 is 23.6 Å². The third kappa shape index (κ3) is 10.4. The van der Waals surface area contributed by atoms with E-state index in [1.54, 1.807) is 18.3 Å². The lowest BCUT2D eigenvalue weighted by atomic mass is 9.92. The monoisotopic (exact) mass is 541 g/mol. The molecule has 0 unspecified atom stereocenters. The molecule has 7 nitrogen and oxygen atoms in total. The Bertz CT molecular complexity index is 1200. The van der Waals surface area contributed by atoms with Gasteiger partial charge in [-0.2, -0.15) is 0 Å². The van der Waals surface area contributed by atoms with Crippen LogP contribution in [0.4, 0.5) is 8.78 Å².